The monoisotopic (exact) mass is 363 g/mol. The summed E-state index contributed by atoms with van der Waals surface area (Å²) in [5, 5.41) is 3.80. The highest BCUT2D eigenvalue weighted by Crippen LogP contribution is 2.25. The maximum absolute atomic E-state index is 11.9. The van der Waals surface area contributed by atoms with Crippen LogP contribution in [-0.4, -0.2) is 34.4 Å². The molecule has 1 N–H and O–H groups in total. The van der Waals surface area contributed by atoms with Gasteiger partial charge in [0.25, 0.3) is 5.91 Å². The van der Waals surface area contributed by atoms with Crippen LogP contribution >= 0.6 is 23.1 Å². The van der Waals surface area contributed by atoms with Crippen molar-refractivity contribution in [2.45, 2.75) is 13.5 Å². The molecular weight excluding hydrogens is 346 g/mol. The van der Waals surface area contributed by atoms with Crippen LogP contribution in [0.15, 0.2) is 28.9 Å². The smallest absolute Gasteiger partial charge is 0.273 e. The van der Waals surface area contributed by atoms with Crippen molar-refractivity contribution < 1.29 is 13.9 Å². The summed E-state index contributed by atoms with van der Waals surface area (Å²) < 4.78 is 12.1. The van der Waals surface area contributed by atoms with E-state index in [1.54, 1.807) is 23.1 Å². The van der Waals surface area contributed by atoms with E-state index < -0.39 is 0 Å². The van der Waals surface area contributed by atoms with Gasteiger partial charge in [-0.25, -0.2) is 9.97 Å². The van der Waals surface area contributed by atoms with Crippen molar-refractivity contribution in [3.05, 3.63) is 41.1 Å². The third-order valence-corrected chi connectivity index (χ3v) is 4.77. The average molecular weight is 363 g/mol. The average Bonchev–Trinajstić information content (AvgIpc) is 3.18. The molecule has 3 aromatic rings. The molecule has 2 aromatic heterocycles. The van der Waals surface area contributed by atoms with Crippen molar-refractivity contribution in [2.75, 3.05) is 18.6 Å². The molecule has 2 heterocycles. The maximum Gasteiger partial charge on any atom is 0.273 e. The van der Waals surface area contributed by atoms with Crippen molar-refractivity contribution in [2.24, 2.45) is 0 Å². The van der Waals surface area contributed by atoms with Crippen molar-refractivity contribution in [1.82, 2.24) is 15.3 Å². The van der Waals surface area contributed by atoms with Gasteiger partial charge in [0.1, 0.15) is 12.0 Å². The number of nitrogens with zero attached hydrogens (tertiary/aromatic N) is 2. The summed E-state index contributed by atoms with van der Waals surface area (Å²) in [6.45, 7) is 2.74. The molecule has 3 rings (SSSR count). The van der Waals surface area contributed by atoms with Crippen LogP contribution in [0.25, 0.3) is 10.2 Å². The number of hydrogen-bond donors (Lipinski definition) is 1. The zero-order valence-corrected chi connectivity index (χ0v) is 15.0. The number of benzene rings is 1. The van der Waals surface area contributed by atoms with Crippen molar-refractivity contribution in [3.8, 4) is 5.75 Å². The van der Waals surface area contributed by atoms with Gasteiger partial charge in [-0.15, -0.1) is 11.3 Å². The molecule has 0 fully saturated rings. The molecule has 24 heavy (non-hydrogen) atoms. The van der Waals surface area contributed by atoms with Crippen LogP contribution in [0.5, 0.6) is 5.75 Å². The van der Waals surface area contributed by atoms with Crippen LogP contribution in [-0.2, 0) is 6.61 Å². The molecule has 0 spiro atoms. The first-order valence-electron chi connectivity index (χ1n) is 7.37. The first-order valence-corrected chi connectivity index (χ1v) is 9.58. The molecule has 6 nitrogen and oxygen atoms in total. The van der Waals surface area contributed by atoms with Gasteiger partial charge >= 0.3 is 0 Å². The van der Waals surface area contributed by atoms with E-state index in [0.29, 0.717) is 18.2 Å². The summed E-state index contributed by atoms with van der Waals surface area (Å²) in [4.78, 5) is 20.4. The Morgan fingerprint density at radius 1 is 1.42 bits per heavy atom. The number of thiazole rings is 1. The summed E-state index contributed by atoms with van der Waals surface area (Å²) >= 11 is 3.32. The van der Waals surface area contributed by atoms with E-state index in [4.69, 9.17) is 9.15 Å². The van der Waals surface area contributed by atoms with Gasteiger partial charge in [0.05, 0.1) is 15.2 Å². The lowest BCUT2D eigenvalue weighted by atomic mass is 10.3. The highest BCUT2D eigenvalue weighted by Gasteiger charge is 2.12. The Morgan fingerprint density at radius 3 is 3.12 bits per heavy atom. The maximum atomic E-state index is 11.9. The second kappa shape index (κ2) is 7.67. The first kappa shape index (κ1) is 16.8. The zero-order valence-electron chi connectivity index (χ0n) is 13.4. The van der Waals surface area contributed by atoms with Crippen molar-refractivity contribution in [1.29, 1.82) is 0 Å². The number of hydrogen-bond acceptors (Lipinski definition) is 7. The molecule has 0 aliphatic rings. The lowest BCUT2D eigenvalue weighted by molar-refractivity contribution is 0.0951. The lowest BCUT2D eigenvalue weighted by Crippen LogP contribution is -2.26. The Labute approximate surface area is 147 Å². The number of nitrogens with one attached hydrogen (secondary N) is 1. The minimum atomic E-state index is -0.238. The number of fused-ring (bicyclic) bond motifs is 1. The second-order valence-corrected chi connectivity index (χ2v) is 7.25. The Balaban J connectivity index is 1.58. The van der Waals surface area contributed by atoms with Crippen LogP contribution in [0.1, 0.15) is 21.4 Å². The van der Waals surface area contributed by atoms with E-state index in [9.17, 15) is 4.79 Å². The molecule has 0 aliphatic carbocycles. The molecule has 1 aromatic carbocycles. The van der Waals surface area contributed by atoms with Gasteiger partial charge < -0.3 is 14.5 Å². The van der Waals surface area contributed by atoms with Gasteiger partial charge in [-0.3, -0.25) is 4.79 Å². The Morgan fingerprint density at radius 2 is 2.29 bits per heavy atom. The number of thioether (sulfide) groups is 1. The third-order valence-electron chi connectivity index (χ3n) is 3.20. The Kier molecular flexibility index (Phi) is 5.37. The number of aromatic nitrogens is 2. The lowest BCUT2D eigenvalue weighted by Gasteiger charge is -2.03. The zero-order chi connectivity index (χ0) is 16.9. The Bertz CT molecular complexity index is 844. The van der Waals surface area contributed by atoms with E-state index in [2.05, 4.69) is 15.3 Å². The normalized spacial score (nSPS) is 10.9. The fourth-order valence-corrected chi connectivity index (χ4v) is 3.21. The number of aryl methyl sites for hydroxylation is 1. The van der Waals surface area contributed by atoms with E-state index in [-0.39, 0.29) is 18.2 Å². The summed E-state index contributed by atoms with van der Waals surface area (Å²) in [7, 11) is 0. The fraction of sp³-hybridized carbons (Fsp3) is 0.312. The highest BCUT2D eigenvalue weighted by atomic mass is 32.2. The molecule has 8 heteroatoms. The minimum absolute atomic E-state index is 0.159. The number of carbonyl (C=O) groups is 1. The summed E-state index contributed by atoms with van der Waals surface area (Å²) in [5.74, 6) is 1.67. The molecule has 126 valence electrons. The van der Waals surface area contributed by atoms with Crippen LogP contribution in [0.2, 0.25) is 0 Å². The van der Waals surface area contributed by atoms with E-state index >= 15 is 0 Å². The molecule has 0 unspecified atom stereocenters. The summed E-state index contributed by atoms with van der Waals surface area (Å²) in [6, 6.07) is 5.76. The molecule has 0 saturated carbocycles. The largest absolute Gasteiger partial charge is 0.484 e. The predicted molar refractivity (Wildman–Crippen MR) is 95.9 cm³/mol. The number of ether oxygens (including phenoxy) is 1. The molecule has 0 radical (unpaired) electrons. The fourth-order valence-electron chi connectivity index (χ4n) is 2.10. The first-order chi connectivity index (χ1) is 11.7. The summed E-state index contributed by atoms with van der Waals surface area (Å²) in [5.41, 5.74) is 1.18. The van der Waals surface area contributed by atoms with Crippen molar-refractivity contribution in [3.63, 3.8) is 0 Å². The van der Waals surface area contributed by atoms with Crippen LogP contribution in [0.4, 0.5) is 0 Å². The molecule has 0 aliphatic heterocycles. The molecule has 0 bridgehead atoms. The summed E-state index contributed by atoms with van der Waals surface area (Å²) in [6.07, 6.45) is 3.34. The van der Waals surface area contributed by atoms with E-state index in [1.807, 2.05) is 31.4 Å². The predicted octanol–water partition coefficient (Wildman–Crippen LogP) is 3.26. The van der Waals surface area contributed by atoms with Crippen LogP contribution < -0.4 is 10.1 Å². The number of rotatable bonds is 7. The van der Waals surface area contributed by atoms with Gasteiger partial charge in [0.15, 0.2) is 12.3 Å². The van der Waals surface area contributed by atoms with Crippen LogP contribution in [0, 0.1) is 6.92 Å². The molecular formula is C16H17N3O3S2. The number of oxazole rings is 1. The highest BCUT2D eigenvalue weighted by molar-refractivity contribution is 7.98. The number of amides is 1. The van der Waals surface area contributed by atoms with Gasteiger partial charge in [-0.05, 0) is 25.3 Å². The quantitative estimate of drug-likeness (QED) is 0.649. The van der Waals surface area contributed by atoms with E-state index in [0.717, 1.165) is 21.0 Å². The SMILES string of the molecule is CSCCNC(=O)c1coc(COc2ccc3sc(C)nc3c2)n1. The van der Waals surface area contributed by atoms with Gasteiger partial charge in [0.2, 0.25) is 5.89 Å². The van der Waals surface area contributed by atoms with Crippen molar-refractivity contribution >= 4 is 39.2 Å². The van der Waals surface area contributed by atoms with Crippen LogP contribution in [0.3, 0.4) is 0 Å². The number of carbonyl (C=O) groups excluding carboxylic acids is 1. The minimum Gasteiger partial charge on any atom is -0.484 e. The van der Waals surface area contributed by atoms with Gasteiger partial charge in [0, 0.05) is 18.4 Å². The third kappa shape index (κ3) is 4.07. The topological polar surface area (TPSA) is 77.2 Å². The van der Waals surface area contributed by atoms with Gasteiger partial charge in [-0.1, -0.05) is 0 Å². The second-order valence-electron chi connectivity index (χ2n) is 5.03. The van der Waals surface area contributed by atoms with Gasteiger partial charge in [-0.2, -0.15) is 11.8 Å². The molecule has 1 amide bonds. The standard InChI is InChI=1S/C16H17N3O3S2/c1-10-18-12-7-11(3-4-14(12)24-10)21-9-15-19-13(8-22-15)16(20)17-5-6-23-2/h3-4,7-8H,5-6,9H2,1-2H3,(H,17,20). The van der Waals surface area contributed by atoms with E-state index in [1.165, 1.54) is 6.26 Å². The Hall–Kier alpha value is -2.06. The molecule has 0 atom stereocenters. The molecule has 0 saturated heterocycles.